The van der Waals surface area contributed by atoms with Gasteiger partial charge in [-0.25, -0.2) is 4.79 Å². The van der Waals surface area contributed by atoms with Gasteiger partial charge in [-0.1, -0.05) is 29.8 Å². The number of anilines is 1. The molecule has 124 valence electrons. The standard InChI is InChI=1S/C18H17ClN2O3/c1-3-24-18(23)14-10(2)21-13-8-9-20-17(22)16(13)15(14)11-6-4-5-7-12(11)19/h4-9,15,21H,3H2,1-2H3,(H,20,22)/t15-/m0/s1. The van der Waals surface area contributed by atoms with Crippen molar-refractivity contribution in [3.05, 3.63) is 74.3 Å². The monoisotopic (exact) mass is 344 g/mol. The van der Waals surface area contributed by atoms with E-state index in [0.29, 0.717) is 33.1 Å². The predicted octanol–water partition coefficient (Wildman–Crippen LogP) is 3.42. The number of ether oxygens (including phenoxy) is 1. The van der Waals surface area contributed by atoms with Gasteiger partial charge < -0.3 is 15.0 Å². The number of fused-ring (bicyclic) bond motifs is 1. The van der Waals surface area contributed by atoms with E-state index in [2.05, 4.69) is 10.3 Å². The Labute approximate surface area is 144 Å². The van der Waals surface area contributed by atoms with Gasteiger partial charge in [-0.05, 0) is 31.5 Å². The average Bonchev–Trinajstić information content (AvgIpc) is 2.54. The Morgan fingerprint density at radius 3 is 2.75 bits per heavy atom. The van der Waals surface area contributed by atoms with E-state index in [0.717, 1.165) is 0 Å². The molecule has 3 rings (SSSR count). The van der Waals surface area contributed by atoms with Crippen molar-refractivity contribution in [2.75, 3.05) is 11.9 Å². The van der Waals surface area contributed by atoms with Crippen molar-refractivity contribution in [1.29, 1.82) is 0 Å². The molecule has 1 aliphatic heterocycles. The number of carbonyl (C=O) groups is 1. The maximum absolute atomic E-state index is 12.5. The van der Waals surface area contributed by atoms with Crippen molar-refractivity contribution < 1.29 is 9.53 Å². The third-order valence-corrected chi connectivity index (χ3v) is 4.36. The molecule has 24 heavy (non-hydrogen) atoms. The summed E-state index contributed by atoms with van der Waals surface area (Å²) < 4.78 is 5.21. The number of allylic oxidation sites excluding steroid dienone is 1. The molecular weight excluding hydrogens is 328 g/mol. The lowest BCUT2D eigenvalue weighted by atomic mass is 9.81. The van der Waals surface area contributed by atoms with Gasteiger partial charge >= 0.3 is 5.97 Å². The topological polar surface area (TPSA) is 71.2 Å². The molecule has 0 amide bonds. The van der Waals surface area contributed by atoms with Gasteiger partial charge in [-0.2, -0.15) is 0 Å². The second-order valence-corrected chi connectivity index (χ2v) is 5.88. The highest BCUT2D eigenvalue weighted by atomic mass is 35.5. The molecule has 6 heteroatoms. The second kappa shape index (κ2) is 6.53. The molecule has 0 radical (unpaired) electrons. The van der Waals surface area contributed by atoms with Crippen LogP contribution < -0.4 is 10.9 Å². The van der Waals surface area contributed by atoms with E-state index in [-0.39, 0.29) is 12.2 Å². The Balaban J connectivity index is 2.29. The van der Waals surface area contributed by atoms with Crippen LogP contribution in [0.4, 0.5) is 5.69 Å². The van der Waals surface area contributed by atoms with Crippen LogP contribution in [0.5, 0.6) is 0 Å². The summed E-state index contributed by atoms with van der Waals surface area (Å²) >= 11 is 6.36. The highest BCUT2D eigenvalue weighted by molar-refractivity contribution is 6.31. The summed E-state index contributed by atoms with van der Waals surface area (Å²) in [7, 11) is 0. The summed E-state index contributed by atoms with van der Waals surface area (Å²) in [5.74, 6) is -1.04. The number of nitrogens with one attached hydrogen (secondary N) is 2. The molecule has 0 aliphatic carbocycles. The number of esters is 1. The van der Waals surface area contributed by atoms with Gasteiger partial charge in [0.05, 0.1) is 23.7 Å². The Morgan fingerprint density at radius 2 is 2.04 bits per heavy atom. The number of benzene rings is 1. The predicted molar refractivity (Wildman–Crippen MR) is 93.3 cm³/mol. The van der Waals surface area contributed by atoms with Crippen molar-refractivity contribution in [2.24, 2.45) is 0 Å². The average molecular weight is 345 g/mol. The number of pyridine rings is 1. The summed E-state index contributed by atoms with van der Waals surface area (Å²) in [6.07, 6.45) is 1.57. The molecule has 2 aromatic rings. The zero-order chi connectivity index (χ0) is 17.3. The van der Waals surface area contributed by atoms with Crippen molar-refractivity contribution in [2.45, 2.75) is 19.8 Å². The number of carbonyl (C=O) groups excluding carboxylic acids is 1. The number of rotatable bonds is 3. The zero-order valence-corrected chi connectivity index (χ0v) is 14.1. The van der Waals surface area contributed by atoms with Crippen LogP contribution in [0, 0.1) is 0 Å². The maximum atomic E-state index is 12.5. The minimum atomic E-state index is -0.584. The van der Waals surface area contributed by atoms with Crippen LogP contribution in [0.25, 0.3) is 0 Å². The lowest BCUT2D eigenvalue weighted by Gasteiger charge is -2.29. The number of hydrogen-bond acceptors (Lipinski definition) is 4. The first kappa shape index (κ1) is 16.3. The third-order valence-electron chi connectivity index (χ3n) is 4.01. The molecule has 1 aromatic carbocycles. The van der Waals surface area contributed by atoms with E-state index in [1.54, 1.807) is 32.2 Å². The first-order chi connectivity index (χ1) is 11.5. The summed E-state index contributed by atoms with van der Waals surface area (Å²) in [5, 5.41) is 3.62. The van der Waals surface area contributed by atoms with Gasteiger partial charge in [0.1, 0.15) is 0 Å². The number of halogens is 1. The van der Waals surface area contributed by atoms with Crippen LogP contribution in [-0.4, -0.2) is 17.6 Å². The van der Waals surface area contributed by atoms with Crippen molar-refractivity contribution in [3.63, 3.8) is 0 Å². The summed E-state index contributed by atoms with van der Waals surface area (Å²) in [4.78, 5) is 27.7. The Morgan fingerprint density at radius 1 is 1.29 bits per heavy atom. The molecule has 1 aliphatic rings. The van der Waals surface area contributed by atoms with Gasteiger partial charge in [0.25, 0.3) is 5.56 Å². The van der Waals surface area contributed by atoms with Crippen molar-refractivity contribution >= 4 is 23.3 Å². The summed E-state index contributed by atoms with van der Waals surface area (Å²) in [6.45, 7) is 3.79. The molecule has 0 spiro atoms. The minimum absolute atomic E-state index is 0.253. The molecule has 0 unspecified atom stereocenters. The molecule has 5 nitrogen and oxygen atoms in total. The fourth-order valence-electron chi connectivity index (χ4n) is 3.02. The molecule has 0 fully saturated rings. The lowest BCUT2D eigenvalue weighted by Crippen LogP contribution is -2.30. The molecule has 1 aromatic heterocycles. The van der Waals surface area contributed by atoms with Crippen LogP contribution in [0.2, 0.25) is 5.02 Å². The van der Waals surface area contributed by atoms with Crippen LogP contribution in [0.1, 0.15) is 30.9 Å². The smallest absolute Gasteiger partial charge is 0.336 e. The van der Waals surface area contributed by atoms with Gasteiger partial charge in [0.2, 0.25) is 0 Å². The van der Waals surface area contributed by atoms with E-state index in [1.807, 2.05) is 18.2 Å². The largest absolute Gasteiger partial charge is 0.463 e. The zero-order valence-electron chi connectivity index (χ0n) is 13.4. The minimum Gasteiger partial charge on any atom is -0.463 e. The molecule has 0 saturated heterocycles. The van der Waals surface area contributed by atoms with Crippen LogP contribution in [0.15, 0.2) is 52.6 Å². The third kappa shape index (κ3) is 2.71. The number of aromatic amines is 1. The molecule has 0 saturated carbocycles. The van der Waals surface area contributed by atoms with Gasteiger partial charge in [0.15, 0.2) is 0 Å². The van der Waals surface area contributed by atoms with Crippen molar-refractivity contribution in [1.82, 2.24) is 4.98 Å². The first-order valence-corrected chi connectivity index (χ1v) is 8.03. The Kier molecular flexibility index (Phi) is 4.44. The highest BCUT2D eigenvalue weighted by Crippen LogP contribution is 2.42. The van der Waals surface area contributed by atoms with E-state index in [4.69, 9.17) is 16.3 Å². The Hall–Kier alpha value is -2.53. The number of aromatic nitrogens is 1. The van der Waals surface area contributed by atoms with E-state index in [9.17, 15) is 9.59 Å². The van der Waals surface area contributed by atoms with Crippen LogP contribution >= 0.6 is 11.6 Å². The normalized spacial score (nSPS) is 16.4. The lowest BCUT2D eigenvalue weighted by molar-refractivity contribution is -0.138. The number of H-pyrrole nitrogens is 1. The summed E-state index contributed by atoms with van der Waals surface area (Å²) in [6, 6.07) is 8.97. The molecular formula is C18H17ClN2O3. The first-order valence-electron chi connectivity index (χ1n) is 7.65. The van der Waals surface area contributed by atoms with Crippen LogP contribution in [-0.2, 0) is 9.53 Å². The quantitative estimate of drug-likeness (QED) is 0.837. The highest BCUT2D eigenvalue weighted by Gasteiger charge is 2.35. The number of hydrogen-bond donors (Lipinski definition) is 2. The fraction of sp³-hybridized carbons (Fsp3) is 0.222. The summed E-state index contributed by atoms with van der Waals surface area (Å²) in [5.41, 5.74) is 2.60. The van der Waals surface area contributed by atoms with E-state index in [1.165, 1.54) is 0 Å². The van der Waals surface area contributed by atoms with Crippen molar-refractivity contribution in [3.8, 4) is 0 Å². The Bertz CT molecular complexity index is 886. The maximum Gasteiger partial charge on any atom is 0.336 e. The molecule has 2 N–H and O–H groups in total. The fourth-order valence-corrected chi connectivity index (χ4v) is 3.26. The van der Waals surface area contributed by atoms with Gasteiger partial charge in [0, 0.05) is 22.6 Å². The van der Waals surface area contributed by atoms with Crippen LogP contribution in [0.3, 0.4) is 0 Å². The molecule has 0 bridgehead atoms. The second-order valence-electron chi connectivity index (χ2n) is 5.47. The van der Waals surface area contributed by atoms with Gasteiger partial charge in [-0.3, -0.25) is 4.79 Å². The molecule has 2 heterocycles. The van der Waals surface area contributed by atoms with Gasteiger partial charge in [-0.15, -0.1) is 0 Å². The van der Waals surface area contributed by atoms with E-state index >= 15 is 0 Å². The SMILES string of the molecule is CCOC(=O)C1=C(C)Nc2cc[nH]c(=O)c2[C@H]1c1ccccc1Cl. The molecule has 1 atom stereocenters. The van der Waals surface area contributed by atoms with E-state index < -0.39 is 11.9 Å².